The Morgan fingerprint density at radius 1 is 1.39 bits per heavy atom. The zero-order valence-electron chi connectivity index (χ0n) is 9.61. The van der Waals surface area contributed by atoms with Crippen LogP contribution < -0.4 is 0 Å². The van der Waals surface area contributed by atoms with Gasteiger partial charge >= 0.3 is 0 Å². The van der Waals surface area contributed by atoms with Crippen molar-refractivity contribution in [1.29, 1.82) is 0 Å². The fraction of sp³-hybridized carbons (Fsp3) is 0.417. The smallest absolute Gasteiger partial charge is 0.269 e. The number of amides is 1. The largest absolute Gasteiger partial charge is 0.374 e. The fourth-order valence-corrected chi connectivity index (χ4v) is 2.54. The number of nitro groups is 1. The molecule has 2 aliphatic rings. The monoisotopic (exact) mass is 248 g/mol. The fourth-order valence-electron chi connectivity index (χ4n) is 2.54. The Balaban J connectivity index is 1.78. The van der Waals surface area contributed by atoms with E-state index in [9.17, 15) is 14.9 Å². The molecular weight excluding hydrogens is 236 g/mol. The highest BCUT2D eigenvalue weighted by Gasteiger charge is 2.41. The molecule has 0 N–H and O–H groups in total. The zero-order chi connectivity index (χ0) is 12.7. The zero-order valence-corrected chi connectivity index (χ0v) is 9.61. The van der Waals surface area contributed by atoms with E-state index in [0.717, 1.165) is 6.42 Å². The lowest BCUT2D eigenvalue weighted by atomic mass is 10.1. The molecule has 3 rings (SSSR count). The van der Waals surface area contributed by atoms with Gasteiger partial charge in [0.05, 0.1) is 23.7 Å². The van der Waals surface area contributed by atoms with Crippen LogP contribution in [0.1, 0.15) is 16.8 Å². The minimum atomic E-state index is -0.472. The van der Waals surface area contributed by atoms with Crippen LogP contribution in [0.4, 0.5) is 5.69 Å². The number of carbonyl (C=O) groups is 1. The standard InChI is InChI=1S/C12H12N2O4/c15-12(13-6-11-5-10(13)7-18-11)8-1-3-9(4-2-8)14(16)17/h1-4,10-11H,5-7H2. The third-order valence-electron chi connectivity index (χ3n) is 3.49. The van der Waals surface area contributed by atoms with Crippen molar-refractivity contribution in [1.82, 2.24) is 4.90 Å². The lowest BCUT2D eigenvalue weighted by Crippen LogP contribution is -2.41. The lowest BCUT2D eigenvalue weighted by Gasteiger charge is -2.26. The van der Waals surface area contributed by atoms with Crippen LogP contribution in [0.15, 0.2) is 24.3 Å². The van der Waals surface area contributed by atoms with Gasteiger partial charge < -0.3 is 9.64 Å². The van der Waals surface area contributed by atoms with E-state index in [-0.39, 0.29) is 23.7 Å². The van der Waals surface area contributed by atoms with E-state index in [1.807, 2.05) is 0 Å². The number of ether oxygens (including phenoxy) is 1. The number of rotatable bonds is 2. The Labute approximate surface area is 103 Å². The molecule has 1 aromatic rings. The van der Waals surface area contributed by atoms with Crippen molar-refractivity contribution in [3.8, 4) is 0 Å². The molecule has 2 bridgehead atoms. The first-order valence-electron chi connectivity index (χ1n) is 5.82. The molecule has 6 nitrogen and oxygen atoms in total. The topological polar surface area (TPSA) is 72.7 Å². The Morgan fingerprint density at radius 2 is 2.11 bits per heavy atom. The van der Waals surface area contributed by atoms with Gasteiger partial charge in [-0.05, 0) is 18.6 Å². The van der Waals surface area contributed by atoms with Crippen molar-refractivity contribution < 1.29 is 14.5 Å². The summed E-state index contributed by atoms with van der Waals surface area (Å²) in [4.78, 5) is 24.1. The maximum atomic E-state index is 12.2. The van der Waals surface area contributed by atoms with Gasteiger partial charge in [0, 0.05) is 24.2 Å². The number of benzene rings is 1. The van der Waals surface area contributed by atoms with Crippen molar-refractivity contribution in [2.75, 3.05) is 13.2 Å². The van der Waals surface area contributed by atoms with Gasteiger partial charge in [-0.1, -0.05) is 0 Å². The number of non-ortho nitro benzene ring substituents is 1. The molecular formula is C12H12N2O4. The van der Waals surface area contributed by atoms with Gasteiger partial charge in [-0.3, -0.25) is 14.9 Å². The molecule has 0 aromatic heterocycles. The molecule has 18 heavy (non-hydrogen) atoms. The van der Waals surface area contributed by atoms with E-state index in [0.29, 0.717) is 18.7 Å². The maximum absolute atomic E-state index is 12.2. The first-order chi connectivity index (χ1) is 8.65. The van der Waals surface area contributed by atoms with Crippen molar-refractivity contribution >= 4 is 11.6 Å². The van der Waals surface area contributed by atoms with Crippen LogP contribution in [0, 0.1) is 10.1 Å². The highest BCUT2D eigenvalue weighted by molar-refractivity contribution is 5.95. The van der Waals surface area contributed by atoms with Gasteiger partial charge in [0.15, 0.2) is 0 Å². The van der Waals surface area contributed by atoms with E-state index in [1.54, 1.807) is 4.90 Å². The van der Waals surface area contributed by atoms with Crippen LogP contribution in [-0.2, 0) is 4.74 Å². The van der Waals surface area contributed by atoms with Crippen LogP contribution >= 0.6 is 0 Å². The molecule has 2 unspecified atom stereocenters. The second kappa shape index (κ2) is 4.06. The summed E-state index contributed by atoms with van der Waals surface area (Å²) in [5.41, 5.74) is 0.492. The summed E-state index contributed by atoms with van der Waals surface area (Å²) in [7, 11) is 0. The predicted octanol–water partition coefficient (Wildman–Crippen LogP) is 1.21. The Morgan fingerprint density at radius 3 is 2.61 bits per heavy atom. The van der Waals surface area contributed by atoms with E-state index in [1.165, 1.54) is 24.3 Å². The van der Waals surface area contributed by atoms with Crippen LogP contribution in [0.2, 0.25) is 0 Å². The SMILES string of the molecule is O=C(c1ccc([N+](=O)[O-])cc1)N1CC2CC1CO2. The molecule has 2 saturated heterocycles. The minimum absolute atomic E-state index is 0.00201. The highest BCUT2D eigenvalue weighted by atomic mass is 16.6. The van der Waals surface area contributed by atoms with Gasteiger partial charge in [0.25, 0.3) is 11.6 Å². The number of hydrogen-bond donors (Lipinski definition) is 0. The molecule has 1 amide bonds. The van der Waals surface area contributed by atoms with Gasteiger partial charge in [0.2, 0.25) is 0 Å². The summed E-state index contributed by atoms with van der Waals surface area (Å²) in [5.74, 6) is -0.0688. The Hall–Kier alpha value is -1.95. The molecule has 94 valence electrons. The van der Waals surface area contributed by atoms with Gasteiger partial charge in [-0.2, -0.15) is 0 Å². The average molecular weight is 248 g/mol. The summed E-state index contributed by atoms with van der Waals surface area (Å²) < 4.78 is 5.44. The molecule has 0 aliphatic carbocycles. The molecule has 2 heterocycles. The molecule has 1 aromatic carbocycles. The maximum Gasteiger partial charge on any atom is 0.269 e. The first kappa shape index (κ1) is 11.2. The summed E-state index contributed by atoms with van der Waals surface area (Å²) in [5, 5.41) is 10.5. The van der Waals surface area contributed by atoms with E-state index >= 15 is 0 Å². The number of carbonyl (C=O) groups excluding carboxylic acids is 1. The minimum Gasteiger partial charge on any atom is -0.374 e. The number of likely N-dealkylation sites (tertiary alicyclic amines) is 1. The average Bonchev–Trinajstić information content (AvgIpc) is 3.00. The predicted molar refractivity (Wildman–Crippen MR) is 62.3 cm³/mol. The number of nitrogens with zero attached hydrogens (tertiary/aromatic N) is 2. The highest BCUT2D eigenvalue weighted by Crippen LogP contribution is 2.29. The molecule has 0 radical (unpaired) electrons. The third-order valence-corrected chi connectivity index (χ3v) is 3.49. The Kier molecular flexibility index (Phi) is 2.52. The number of hydrogen-bond acceptors (Lipinski definition) is 4. The van der Waals surface area contributed by atoms with Crippen molar-refractivity contribution in [2.24, 2.45) is 0 Å². The molecule has 0 spiro atoms. The quantitative estimate of drug-likeness (QED) is 0.582. The number of morpholine rings is 1. The van der Waals surface area contributed by atoms with Crippen molar-refractivity contribution in [3.05, 3.63) is 39.9 Å². The van der Waals surface area contributed by atoms with Gasteiger partial charge in [-0.15, -0.1) is 0 Å². The van der Waals surface area contributed by atoms with Gasteiger partial charge in [-0.25, -0.2) is 0 Å². The van der Waals surface area contributed by atoms with E-state index in [4.69, 9.17) is 4.74 Å². The molecule has 2 fully saturated rings. The molecule has 0 saturated carbocycles. The van der Waals surface area contributed by atoms with Crippen molar-refractivity contribution in [3.63, 3.8) is 0 Å². The Bertz CT molecular complexity index is 499. The lowest BCUT2D eigenvalue weighted by molar-refractivity contribution is -0.384. The van der Waals surface area contributed by atoms with Crippen molar-refractivity contribution in [2.45, 2.75) is 18.6 Å². The molecule has 6 heteroatoms. The summed E-state index contributed by atoms with van der Waals surface area (Å²) in [6, 6.07) is 5.90. The second-order valence-electron chi connectivity index (χ2n) is 4.61. The number of nitro benzene ring substituents is 1. The number of fused-ring (bicyclic) bond motifs is 2. The van der Waals surface area contributed by atoms with Crippen LogP contribution in [0.3, 0.4) is 0 Å². The summed E-state index contributed by atoms with van der Waals surface area (Å²) in [6.45, 7) is 1.23. The second-order valence-corrected chi connectivity index (χ2v) is 4.61. The summed E-state index contributed by atoms with van der Waals surface area (Å²) in [6.07, 6.45) is 1.07. The molecule has 2 aliphatic heterocycles. The van der Waals surface area contributed by atoms with E-state index in [2.05, 4.69) is 0 Å². The summed E-state index contributed by atoms with van der Waals surface area (Å²) >= 11 is 0. The first-order valence-corrected chi connectivity index (χ1v) is 5.82. The van der Waals surface area contributed by atoms with Crippen LogP contribution in [-0.4, -0.2) is 41.0 Å². The van der Waals surface area contributed by atoms with Crippen LogP contribution in [0.25, 0.3) is 0 Å². The third kappa shape index (κ3) is 1.74. The van der Waals surface area contributed by atoms with E-state index < -0.39 is 4.92 Å². The van der Waals surface area contributed by atoms with Gasteiger partial charge in [0.1, 0.15) is 0 Å². The normalized spacial score (nSPS) is 25.4. The van der Waals surface area contributed by atoms with Crippen LogP contribution in [0.5, 0.6) is 0 Å². The molecule has 2 atom stereocenters.